The van der Waals surface area contributed by atoms with E-state index in [9.17, 15) is 0 Å². The Morgan fingerprint density at radius 2 is 1.55 bits per heavy atom. The second-order valence-electron chi connectivity index (χ2n) is 3.96. The largest absolute Gasteiger partial charge is 0.295 e. The van der Waals surface area contributed by atoms with E-state index in [-0.39, 0.29) is 0 Å². The molecule has 0 aromatic heterocycles. The minimum Gasteiger partial charge on any atom is -0.295 e. The Bertz CT molecular complexity index is 119. The van der Waals surface area contributed by atoms with E-state index in [0.29, 0.717) is 0 Å². The number of hydrogen-bond donors (Lipinski definition) is 0. The zero-order chi connectivity index (χ0) is 7.68. The first-order valence-corrected chi connectivity index (χ1v) is 5.19. The maximum Gasteiger partial charge on any atom is 0.0255 e. The van der Waals surface area contributed by atoms with Crippen molar-refractivity contribution in [3.8, 4) is 0 Å². The summed E-state index contributed by atoms with van der Waals surface area (Å²) in [5, 5.41) is 0. The summed E-state index contributed by atoms with van der Waals surface area (Å²) in [5.41, 5.74) is 0. The van der Waals surface area contributed by atoms with E-state index in [0.717, 1.165) is 12.1 Å². The molecule has 11 heavy (non-hydrogen) atoms. The highest BCUT2D eigenvalue weighted by molar-refractivity contribution is 5.01. The molecule has 0 radical (unpaired) electrons. The molecule has 2 fully saturated rings. The smallest absolute Gasteiger partial charge is 0.0255 e. The predicted octanol–water partition coefficient (Wildman–Crippen LogP) is 2.41. The van der Waals surface area contributed by atoms with E-state index >= 15 is 0 Å². The van der Waals surface area contributed by atoms with Crippen LogP contribution in [0.25, 0.3) is 0 Å². The molecule has 1 aliphatic heterocycles. The maximum atomic E-state index is 2.67. The molecule has 64 valence electrons. The third-order valence-electron chi connectivity index (χ3n) is 3.32. The molecular weight excluding hydrogens is 134 g/mol. The van der Waals surface area contributed by atoms with E-state index in [1.54, 1.807) is 0 Å². The Kier molecular flexibility index (Phi) is 2.17. The van der Waals surface area contributed by atoms with Crippen LogP contribution >= 0.6 is 0 Å². The number of fused-ring (bicyclic) bond motifs is 1. The molecule has 1 heteroatoms. The molecule has 1 saturated carbocycles. The van der Waals surface area contributed by atoms with Gasteiger partial charge in [-0.3, -0.25) is 4.90 Å². The topological polar surface area (TPSA) is 3.01 Å². The van der Waals surface area contributed by atoms with Crippen molar-refractivity contribution in [2.75, 3.05) is 6.54 Å². The van der Waals surface area contributed by atoms with Crippen LogP contribution in [0.2, 0.25) is 0 Å². The molecule has 0 aromatic rings. The summed E-state index contributed by atoms with van der Waals surface area (Å²) in [6.07, 6.45) is 8.91. The highest BCUT2D eigenvalue weighted by Gasteiger charge is 2.44. The van der Waals surface area contributed by atoms with Gasteiger partial charge >= 0.3 is 0 Å². The molecule has 0 amide bonds. The molecule has 0 spiro atoms. The third kappa shape index (κ3) is 1.44. The van der Waals surface area contributed by atoms with Crippen LogP contribution in [0.3, 0.4) is 0 Å². The predicted molar refractivity (Wildman–Crippen MR) is 47.7 cm³/mol. The maximum absolute atomic E-state index is 2.67. The second-order valence-corrected chi connectivity index (χ2v) is 3.96. The molecule has 2 aliphatic rings. The van der Waals surface area contributed by atoms with Crippen molar-refractivity contribution in [2.45, 2.75) is 57.5 Å². The van der Waals surface area contributed by atoms with Crippen molar-refractivity contribution < 1.29 is 0 Å². The minimum absolute atomic E-state index is 1.00. The average molecular weight is 153 g/mol. The van der Waals surface area contributed by atoms with E-state index < -0.39 is 0 Å². The molecule has 2 rings (SSSR count). The monoisotopic (exact) mass is 153 g/mol. The lowest BCUT2D eigenvalue weighted by Crippen LogP contribution is -2.00. The van der Waals surface area contributed by atoms with Gasteiger partial charge in [0.25, 0.3) is 0 Å². The fourth-order valence-corrected chi connectivity index (χ4v) is 2.64. The Morgan fingerprint density at radius 3 is 2.00 bits per heavy atom. The van der Waals surface area contributed by atoms with Crippen molar-refractivity contribution in [1.29, 1.82) is 0 Å². The van der Waals surface area contributed by atoms with Gasteiger partial charge in [-0.2, -0.15) is 0 Å². The summed E-state index contributed by atoms with van der Waals surface area (Å²) in [7, 11) is 0. The second kappa shape index (κ2) is 3.14. The molecule has 1 heterocycles. The van der Waals surface area contributed by atoms with Crippen molar-refractivity contribution in [3.63, 3.8) is 0 Å². The van der Waals surface area contributed by atoms with Crippen LogP contribution in [0.4, 0.5) is 0 Å². The SMILES string of the molecule is CCN1C2CCCCCCC21. The van der Waals surface area contributed by atoms with E-state index in [4.69, 9.17) is 0 Å². The first kappa shape index (κ1) is 7.60. The van der Waals surface area contributed by atoms with Crippen LogP contribution in [-0.4, -0.2) is 23.5 Å². The van der Waals surface area contributed by atoms with Gasteiger partial charge < -0.3 is 0 Å². The van der Waals surface area contributed by atoms with Crippen molar-refractivity contribution >= 4 is 0 Å². The number of nitrogens with zero attached hydrogens (tertiary/aromatic N) is 1. The zero-order valence-corrected chi connectivity index (χ0v) is 7.55. The average Bonchev–Trinajstić information content (AvgIpc) is 2.60. The normalized spacial score (nSPS) is 43.9. The summed E-state index contributed by atoms with van der Waals surface area (Å²) in [4.78, 5) is 2.67. The molecular formula is C10H19N. The summed E-state index contributed by atoms with van der Waals surface area (Å²) >= 11 is 0. The molecule has 0 N–H and O–H groups in total. The summed E-state index contributed by atoms with van der Waals surface area (Å²) in [6.45, 7) is 3.58. The Balaban J connectivity index is 1.85. The first-order chi connectivity index (χ1) is 5.43. The van der Waals surface area contributed by atoms with Gasteiger partial charge in [-0.1, -0.05) is 32.6 Å². The summed E-state index contributed by atoms with van der Waals surface area (Å²) < 4.78 is 0. The number of hydrogen-bond acceptors (Lipinski definition) is 1. The van der Waals surface area contributed by atoms with Gasteiger partial charge in [0.05, 0.1) is 0 Å². The van der Waals surface area contributed by atoms with E-state index in [1.165, 1.54) is 45.1 Å². The van der Waals surface area contributed by atoms with Crippen molar-refractivity contribution in [1.82, 2.24) is 4.90 Å². The quantitative estimate of drug-likeness (QED) is 0.523. The molecule has 1 nitrogen and oxygen atoms in total. The summed E-state index contributed by atoms with van der Waals surface area (Å²) in [6, 6.07) is 2.00. The van der Waals surface area contributed by atoms with Gasteiger partial charge in [-0.15, -0.1) is 0 Å². The van der Waals surface area contributed by atoms with Crippen LogP contribution < -0.4 is 0 Å². The van der Waals surface area contributed by atoms with Gasteiger partial charge in [0.1, 0.15) is 0 Å². The molecule has 2 atom stereocenters. The van der Waals surface area contributed by atoms with Gasteiger partial charge in [0.15, 0.2) is 0 Å². The van der Waals surface area contributed by atoms with Crippen LogP contribution in [-0.2, 0) is 0 Å². The Morgan fingerprint density at radius 1 is 1.00 bits per heavy atom. The minimum atomic E-state index is 1.00. The molecule has 1 saturated heterocycles. The Hall–Kier alpha value is -0.0400. The fraction of sp³-hybridized carbons (Fsp3) is 1.00. The van der Waals surface area contributed by atoms with Crippen LogP contribution in [0.5, 0.6) is 0 Å². The highest BCUT2D eigenvalue weighted by Crippen LogP contribution is 2.37. The zero-order valence-electron chi connectivity index (χ0n) is 7.55. The van der Waals surface area contributed by atoms with Gasteiger partial charge in [0.2, 0.25) is 0 Å². The molecule has 0 aromatic carbocycles. The van der Waals surface area contributed by atoms with Crippen molar-refractivity contribution in [2.24, 2.45) is 0 Å². The van der Waals surface area contributed by atoms with Crippen LogP contribution in [0.15, 0.2) is 0 Å². The van der Waals surface area contributed by atoms with E-state index in [1.807, 2.05) is 0 Å². The van der Waals surface area contributed by atoms with Gasteiger partial charge in [0, 0.05) is 12.1 Å². The third-order valence-corrected chi connectivity index (χ3v) is 3.32. The standard InChI is InChI=1S/C10H19N/c1-2-11-9-7-5-3-4-6-8-10(9)11/h9-10H,2-8H2,1H3. The lowest BCUT2D eigenvalue weighted by Gasteiger charge is -2.03. The van der Waals surface area contributed by atoms with Crippen LogP contribution in [0, 0.1) is 0 Å². The van der Waals surface area contributed by atoms with E-state index in [2.05, 4.69) is 11.8 Å². The molecule has 1 aliphatic carbocycles. The number of likely N-dealkylation sites (N-methyl/N-ethyl adjacent to an activating group) is 1. The van der Waals surface area contributed by atoms with Gasteiger partial charge in [-0.25, -0.2) is 0 Å². The van der Waals surface area contributed by atoms with Gasteiger partial charge in [-0.05, 0) is 19.4 Å². The highest BCUT2D eigenvalue weighted by atomic mass is 15.3. The Labute approximate surface area is 69.8 Å². The molecule has 2 unspecified atom stereocenters. The van der Waals surface area contributed by atoms with Crippen LogP contribution in [0.1, 0.15) is 45.4 Å². The lowest BCUT2D eigenvalue weighted by atomic mass is 10.0. The molecule has 0 bridgehead atoms. The summed E-state index contributed by atoms with van der Waals surface area (Å²) in [5.74, 6) is 0. The fourth-order valence-electron chi connectivity index (χ4n) is 2.64. The van der Waals surface area contributed by atoms with Crippen molar-refractivity contribution in [3.05, 3.63) is 0 Å². The lowest BCUT2D eigenvalue weighted by molar-refractivity contribution is 0.488. The first-order valence-electron chi connectivity index (χ1n) is 5.19. The number of rotatable bonds is 1.